The number of carbonyl (C=O) groups is 1. The number of benzene rings is 2. The molecule has 0 saturated carbocycles. The predicted octanol–water partition coefficient (Wildman–Crippen LogP) is 2.85. The number of nitrogens with one attached hydrogen (secondary N) is 2. The Bertz CT molecular complexity index is 991. The number of hydrogen-bond acceptors (Lipinski definition) is 4. The minimum atomic E-state index is -4.65. The Hall–Kier alpha value is -2.46. The first-order valence-electron chi connectivity index (χ1n) is 8.74. The molecule has 1 fully saturated rings. The van der Waals surface area contributed by atoms with Gasteiger partial charge in [0.25, 0.3) is 0 Å². The Balaban J connectivity index is 1.70. The highest BCUT2D eigenvalue weighted by molar-refractivity contribution is 7.91. The van der Waals surface area contributed by atoms with Crippen LogP contribution in [0.25, 0.3) is 0 Å². The van der Waals surface area contributed by atoms with Crippen molar-refractivity contribution in [2.24, 2.45) is 0 Å². The summed E-state index contributed by atoms with van der Waals surface area (Å²) >= 11 is 0. The van der Waals surface area contributed by atoms with Gasteiger partial charge in [-0.3, -0.25) is 4.79 Å². The van der Waals surface area contributed by atoms with Crippen LogP contribution < -0.4 is 10.6 Å². The highest BCUT2D eigenvalue weighted by atomic mass is 32.2. The molecule has 2 aromatic rings. The number of carbonyl (C=O) groups excluding carboxylic acids is 1. The summed E-state index contributed by atoms with van der Waals surface area (Å²) in [5.41, 5.74) is -0.454. The molecule has 2 N–H and O–H groups in total. The molecule has 0 bridgehead atoms. The Kier molecular flexibility index (Phi) is 5.95. The van der Waals surface area contributed by atoms with Gasteiger partial charge in [-0.25, -0.2) is 12.8 Å². The van der Waals surface area contributed by atoms with Crippen LogP contribution in [0.5, 0.6) is 0 Å². The molecule has 10 heteroatoms. The second-order valence-corrected chi connectivity index (χ2v) is 8.63. The molecule has 2 aromatic carbocycles. The fourth-order valence-corrected chi connectivity index (χ4v) is 4.27. The zero-order valence-corrected chi connectivity index (χ0v) is 15.9. The largest absolute Gasteiger partial charge is 0.416 e. The van der Waals surface area contributed by atoms with E-state index in [0.29, 0.717) is 11.6 Å². The molecule has 1 aliphatic rings. The van der Waals surface area contributed by atoms with E-state index in [0.717, 1.165) is 18.2 Å². The molecule has 1 amide bonds. The molecule has 0 spiro atoms. The van der Waals surface area contributed by atoms with Gasteiger partial charge in [-0.2, -0.15) is 13.2 Å². The first kappa shape index (κ1) is 21.3. The fraction of sp³-hybridized carbons (Fsp3) is 0.316. The van der Waals surface area contributed by atoms with E-state index in [2.05, 4.69) is 10.6 Å². The minimum absolute atomic E-state index is 0.0972. The van der Waals surface area contributed by atoms with Gasteiger partial charge in [-0.1, -0.05) is 18.2 Å². The molecule has 29 heavy (non-hydrogen) atoms. The summed E-state index contributed by atoms with van der Waals surface area (Å²) in [6.45, 7) is 0.234. The average molecular weight is 430 g/mol. The summed E-state index contributed by atoms with van der Waals surface area (Å²) in [5, 5.41) is 5.39. The number of rotatable bonds is 5. The van der Waals surface area contributed by atoms with Gasteiger partial charge in [0.2, 0.25) is 15.7 Å². The third-order valence-electron chi connectivity index (χ3n) is 4.57. The summed E-state index contributed by atoms with van der Waals surface area (Å²) in [6.07, 6.45) is -5.62. The van der Waals surface area contributed by atoms with E-state index >= 15 is 0 Å². The van der Waals surface area contributed by atoms with Crippen molar-refractivity contribution in [3.8, 4) is 0 Å². The first-order chi connectivity index (χ1) is 13.6. The van der Waals surface area contributed by atoms with Crippen LogP contribution in [-0.4, -0.2) is 33.1 Å². The van der Waals surface area contributed by atoms with E-state index in [1.165, 1.54) is 24.3 Å². The van der Waals surface area contributed by atoms with Crippen LogP contribution in [0.4, 0.5) is 17.6 Å². The summed E-state index contributed by atoms with van der Waals surface area (Å²) in [5.74, 6) is -0.356. The van der Waals surface area contributed by atoms with E-state index in [9.17, 15) is 30.8 Å². The van der Waals surface area contributed by atoms with Crippen molar-refractivity contribution in [3.63, 3.8) is 0 Å². The van der Waals surface area contributed by atoms with Gasteiger partial charge in [-0.15, -0.1) is 0 Å². The van der Waals surface area contributed by atoms with Crippen LogP contribution in [0.3, 0.4) is 0 Å². The number of halogens is 4. The van der Waals surface area contributed by atoms with Crippen molar-refractivity contribution >= 4 is 15.7 Å². The summed E-state index contributed by atoms with van der Waals surface area (Å²) in [4.78, 5) is 11.3. The Labute approximate surface area is 165 Å². The van der Waals surface area contributed by atoms with E-state index in [1.807, 2.05) is 0 Å². The Morgan fingerprint density at radius 3 is 2.38 bits per heavy atom. The molecule has 3 rings (SSSR count). The van der Waals surface area contributed by atoms with E-state index in [-0.39, 0.29) is 30.3 Å². The molecule has 0 aliphatic carbocycles. The SMILES string of the molecule is O=C(NCc1ccc(S(=O)(=O)c2cccc(C(F)(F)F)c2)cc1)C1CC(F)CN1. The zero-order chi connectivity index (χ0) is 21.2. The molecule has 1 saturated heterocycles. The van der Waals surface area contributed by atoms with Crippen molar-refractivity contribution in [1.82, 2.24) is 10.6 Å². The standard InChI is InChI=1S/C19H18F4N2O3S/c20-14-9-17(24-11-14)18(26)25-10-12-4-6-15(7-5-12)29(27,28)16-3-1-2-13(8-16)19(21,22)23/h1-8,14,17,24H,9-11H2,(H,25,26). The normalized spacial score (nSPS) is 19.9. The molecule has 0 radical (unpaired) electrons. The molecule has 0 aromatic heterocycles. The lowest BCUT2D eigenvalue weighted by Crippen LogP contribution is -2.39. The zero-order valence-electron chi connectivity index (χ0n) is 15.0. The summed E-state index contributed by atoms with van der Waals surface area (Å²) in [6, 6.07) is 8.38. The molecular formula is C19H18F4N2O3S. The van der Waals surface area contributed by atoms with Gasteiger partial charge < -0.3 is 10.6 Å². The van der Waals surface area contributed by atoms with Crippen molar-refractivity contribution in [1.29, 1.82) is 0 Å². The first-order valence-corrected chi connectivity index (χ1v) is 10.2. The number of amides is 1. The Morgan fingerprint density at radius 2 is 1.79 bits per heavy atom. The lowest BCUT2D eigenvalue weighted by Gasteiger charge is -2.12. The average Bonchev–Trinajstić information content (AvgIpc) is 3.12. The van der Waals surface area contributed by atoms with Crippen LogP contribution in [0.15, 0.2) is 58.3 Å². The van der Waals surface area contributed by atoms with Crippen molar-refractivity contribution in [2.75, 3.05) is 6.54 Å². The van der Waals surface area contributed by atoms with E-state index < -0.39 is 38.7 Å². The lowest BCUT2D eigenvalue weighted by molar-refractivity contribution is -0.137. The van der Waals surface area contributed by atoms with Crippen LogP contribution in [0.2, 0.25) is 0 Å². The van der Waals surface area contributed by atoms with Gasteiger partial charge in [0, 0.05) is 19.5 Å². The van der Waals surface area contributed by atoms with Gasteiger partial charge in [-0.05, 0) is 35.9 Å². The maximum absolute atomic E-state index is 13.1. The Morgan fingerprint density at radius 1 is 1.10 bits per heavy atom. The van der Waals surface area contributed by atoms with Gasteiger partial charge in [0.05, 0.1) is 21.4 Å². The lowest BCUT2D eigenvalue weighted by atomic mass is 10.2. The maximum atomic E-state index is 13.1. The number of sulfone groups is 1. The van der Waals surface area contributed by atoms with Crippen LogP contribution in [0, 0.1) is 0 Å². The van der Waals surface area contributed by atoms with Crippen LogP contribution in [0.1, 0.15) is 17.5 Å². The molecule has 156 valence electrons. The van der Waals surface area contributed by atoms with E-state index in [1.54, 1.807) is 0 Å². The quantitative estimate of drug-likeness (QED) is 0.716. The van der Waals surface area contributed by atoms with Crippen molar-refractivity contribution in [2.45, 2.75) is 41.1 Å². The van der Waals surface area contributed by atoms with Gasteiger partial charge in [0.1, 0.15) is 6.17 Å². The molecule has 2 unspecified atom stereocenters. The second-order valence-electron chi connectivity index (χ2n) is 6.68. The number of hydrogen-bond donors (Lipinski definition) is 2. The summed E-state index contributed by atoms with van der Waals surface area (Å²) < 4.78 is 76.9. The van der Waals surface area contributed by atoms with Crippen LogP contribution in [-0.2, 0) is 27.4 Å². The smallest absolute Gasteiger partial charge is 0.351 e. The monoisotopic (exact) mass is 430 g/mol. The third-order valence-corrected chi connectivity index (χ3v) is 6.33. The van der Waals surface area contributed by atoms with Crippen molar-refractivity contribution in [3.05, 3.63) is 59.7 Å². The van der Waals surface area contributed by atoms with Gasteiger partial charge >= 0.3 is 6.18 Å². The molecule has 5 nitrogen and oxygen atoms in total. The highest BCUT2D eigenvalue weighted by Crippen LogP contribution is 2.32. The molecular weight excluding hydrogens is 412 g/mol. The fourth-order valence-electron chi connectivity index (χ4n) is 2.97. The third kappa shape index (κ3) is 4.94. The van der Waals surface area contributed by atoms with Crippen LogP contribution >= 0.6 is 0 Å². The summed E-state index contributed by atoms with van der Waals surface area (Å²) in [7, 11) is -4.13. The predicted molar refractivity (Wildman–Crippen MR) is 96.5 cm³/mol. The second kappa shape index (κ2) is 8.11. The highest BCUT2D eigenvalue weighted by Gasteiger charge is 2.32. The topological polar surface area (TPSA) is 75.3 Å². The number of alkyl halides is 4. The minimum Gasteiger partial charge on any atom is -0.351 e. The molecule has 1 aliphatic heterocycles. The van der Waals surface area contributed by atoms with Crippen molar-refractivity contribution < 1.29 is 30.8 Å². The molecule has 2 atom stereocenters. The molecule has 1 heterocycles. The maximum Gasteiger partial charge on any atom is 0.416 e. The van der Waals surface area contributed by atoms with E-state index in [4.69, 9.17) is 0 Å². The van der Waals surface area contributed by atoms with Gasteiger partial charge in [0.15, 0.2) is 0 Å².